The third kappa shape index (κ3) is 2.51. The Morgan fingerprint density at radius 2 is 2.13 bits per heavy atom. The van der Waals surface area contributed by atoms with E-state index in [1.54, 1.807) is 0 Å². The first kappa shape index (κ1) is 11.6. The quantitative estimate of drug-likeness (QED) is 0.724. The highest BCUT2D eigenvalue weighted by atomic mass is 35.5. The smallest absolute Gasteiger partial charge is 0.339 e. The zero-order chi connectivity index (χ0) is 11.4. The van der Waals surface area contributed by atoms with E-state index in [4.69, 9.17) is 26.6 Å². The van der Waals surface area contributed by atoms with Gasteiger partial charge in [-0.3, -0.25) is 0 Å². The fraction of sp³-hybridized carbons (Fsp3) is 0.222. The predicted octanol–water partition coefficient (Wildman–Crippen LogP) is 1.11. The number of aromatic carboxylic acids is 1. The molecule has 3 N–H and O–H groups in total. The maximum atomic E-state index is 10.6. The summed E-state index contributed by atoms with van der Waals surface area (Å²) in [5.41, 5.74) is -0.295. The highest BCUT2D eigenvalue weighted by molar-refractivity contribution is 6.34. The van der Waals surface area contributed by atoms with Gasteiger partial charge in [0.15, 0.2) is 5.75 Å². The number of ether oxygens (including phenoxy) is 1. The van der Waals surface area contributed by atoms with E-state index in [-0.39, 0.29) is 29.5 Å². The second-order valence-corrected chi connectivity index (χ2v) is 3.03. The average molecular weight is 233 g/mol. The molecule has 0 saturated carbocycles. The third-order valence-corrected chi connectivity index (χ3v) is 2.03. The number of phenols is 1. The number of hydrogen-bond donors (Lipinski definition) is 3. The van der Waals surface area contributed by atoms with E-state index in [0.29, 0.717) is 0 Å². The molecular weight excluding hydrogens is 224 g/mol. The summed E-state index contributed by atoms with van der Waals surface area (Å²) in [7, 11) is 0. The zero-order valence-corrected chi connectivity index (χ0v) is 8.36. The first-order valence-corrected chi connectivity index (χ1v) is 4.44. The minimum Gasteiger partial charge on any atom is -0.505 e. The summed E-state index contributed by atoms with van der Waals surface area (Å²) in [4.78, 5) is 10.6. The number of aliphatic hydroxyl groups is 1. The molecule has 0 atom stereocenters. The van der Waals surface area contributed by atoms with Crippen LogP contribution in [0.15, 0.2) is 12.1 Å². The van der Waals surface area contributed by atoms with Crippen LogP contribution in [0.5, 0.6) is 11.5 Å². The maximum Gasteiger partial charge on any atom is 0.339 e. The molecule has 15 heavy (non-hydrogen) atoms. The number of carboxylic acid groups (broad SMARTS) is 1. The van der Waals surface area contributed by atoms with Gasteiger partial charge < -0.3 is 20.1 Å². The Balaban J connectivity index is 3.04. The van der Waals surface area contributed by atoms with E-state index in [1.807, 2.05) is 0 Å². The van der Waals surface area contributed by atoms with Gasteiger partial charge in [-0.05, 0) is 12.1 Å². The van der Waals surface area contributed by atoms with E-state index in [1.165, 1.54) is 12.1 Å². The summed E-state index contributed by atoms with van der Waals surface area (Å²) in [5.74, 6) is -1.68. The molecule has 0 bridgehead atoms. The van der Waals surface area contributed by atoms with Gasteiger partial charge >= 0.3 is 5.97 Å². The van der Waals surface area contributed by atoms with Crippen molar-refractivity contribution < 1.29 is 24.9 Å². The fourth-order valence-corrected chi connectivity index (χ4v) is 1.21. The van der Waals surface area contributed by atoms with Gasteiger partial charge in [0.05, 0.1) is 6.61 Å². The molecule has 0 spiro atoms. The summed E-state index contributed by atoms with van der Waals surface area (Å²) in [6, 6.07) is 2.50. The number of aliphatic hydroxyl groups excluding tert-OH is 1. The van der Waals surface area contributed by atoms with E-state index in [2.05, 4.69) is 0 Å². The van der Waals surface area contributed by atoms with Crippen molar-refractivity contribution in [1.82, 2.24) is 0 Å². The standard InChI is InChI=1S/C9H9ClO5/c10-7-6(15-4-3-11)2-1-5(8(7)12)9(13)14/h1-2,11-12H,3-4H2,(H,13,14). The number of rotatable bonds is 4. The molecule has 0 heterocycles. The first-order chi connectivity index (χ1) is 7.07. The number of aromatic hydroxyl groups is 1. The molecule has 1 rings (SSSR count). The Bertz CT molecular complexity index is 377. The van der Waals surface area contributed by atoms with Crippen molar-refractivity contribution >= 4 is 17.6 Å². The maximum absolute atomic E-state index is 10.6. The van der Waals surface area contributed by atoms with Gasteiger partial charge in [-0.25, -0.2) is 4.79 Å². The highest BCUT2D eigenvalue weighted by Gasteiger charge is 2.16. The molecule has 0 saturated heterocycles. The van der Waals surface area contributed by atoms with Crippen LogP contribution < -0.4 is 4.74 Å². The van der Waals surface area contributed by atoms with Crippen LogP contribution >= 0.6 is 11.6 Å². The van der Waals surface area contributed by atoms with Gasteiger partial charge in [-0.1, -0.05) is 11.6 Å². The molecule has 0 radical (unpaired) electrons. The van der Waals surface area contributed by atoms with Crippen LogP contribution in [0.2, 0.25) is 5.02 Å². The second-order valence-electron chi connectivity index (χ2n) is 2.65. The molecular formula is C9H9ClO5. The predicted molar refractivity (Wildman–Crippen MR) is 52.7 cm³/mol. The van der Waals surface area contributed by atoms with Crippen molar-refractivity contribution in [3.05, 3.63) is 22.7 Å². The third-order valence-electron chi connectivity index (χ3n) is 1.66. The van der Waals surface area contributed by atoms with Crippen molar-refractivity contribution in [1.29, 1.82) is 0 Å². The molecule has 0 amide bonds. The minimum atomic E-state index is -1.27. The summed E-state index contributed by atoms with van der Waals surface area (Å²) in [5, 5.41) is 26.4. The number of hydrogen-bond acceptors (Lipinski definition) is 4. The van der Waals surface area contributed by atoms with Crippen molar-refractivity contribution in [2.45, 2.75) is 0 Å². The first-order valence-electron chi connectivity index (χ1n) is 4.06. The van der Waals surface area contributed by atoms with Crippen LogP contribution in [-0.4, -0.2) is 34.5 Å². The van der Waals surface area contributed by atoms with Crippen LogP contribution in [-0.2, 0) is 0 Å². The molecule has 82 valence electrons. The van der Waals surface area contributed by atoms with Gasteiger partial charge in [-0.15, -0.1) is 0 Å². The van der Waals surface area contributed by atoms with Gasteiger partial charge in [0.2, 0.25) is 0 Å². The summed E-state index contributed by atoms with van der Waals surface area (Å²) in [6.45, 7) is -0.177. The molecule has 6 heteroatoms. The zero-order valence-electron chi connectivity index (χ0n) is 7.61. The van der Waals surface area contributed by atoms with Gasteiger partial charge in [0, 0.05) is 0 Å². The van der Waals surface area contributed by atoms with E-state index >= 15 is 0 Å². The van der Waals surface area contributed by atoms with Crippen LogP contribution in [0.1, 0.15) is 10.4 Å². The van der Waals surface area contributed by atoms with Crippen molar-refractivity contribution in [3.8, 4) is 11.5 Å². The molecule has 0 unspecified atom stereocenters. The summed E-state index contributed by atoms with van der Waals surface area (Å²) >= 11 is 5.66. The lowest BCUT2D eigenvalue weighted by Crippen LogP contribution is -2.03. The summed E-state index contributed by atoms with van der Waals surface area (Å²) in [6.07, 6.45) is 0. The van der Waals surface area contributed by atoms with Gasteiger partial charge in [0.1, 0.15) is 22.9 Å². The molecule has 0 aromatic heterocycles. The number of halogens is 1. The minimum absolute atomic E-state index is 0.0194. The van der Waals surface area contributed by atoms with Crippen LogP contribution in [0.4, 0.5) is 0 Å². The topological polar surface area (TPSA) is 87.0 Å². The molecule has 1 aromatic carbocycles. The van der Waals surface area contributed by atoms with Crippen LogP contribution in [0, 0.1) is 0 Å². The highest BCUT2D eigenvalue weighted by Crippen LogP contribution is 2.35. The molecule has 0 aliphatic carbocycles. The van der Waals surface area contributed by atoms with Gasteiger partial charge in [0.25, 0.3) is 0 Å². The Labute approximate surface area is 90.5 Å². The normalized spacial score (nSPS) is 10.0. The lowest BCUT2D eigenvalue weighted by Gasteiger charge is -2.08. The summed E-state index contributed by atoms with van der Waals surface area (Å²) < 4.78 is 4.97. The molecule has 5 nitrogen and oxygen atoms in total. The van der Waals surface area contributed by atoms with Crippen molar-refractivity contribution in [2.24, 2.45) is 0 Å². The monoisotopic (exact) mass is 232 g/mol. The SMILES string of the molecule is O=C(O)c1ccc(OCCO)c(Cl)c1O. The fourth-order valence-electron chi connectivity index (χ4n) is 0.986. The van der Waals surface area contributed by atoms with Crippen LogP contribution in [0.3, 0.4) is 0 Å². The lowest BCUT2D eigenvalue weighted by molar-refractivity contribution is 0.0693. The number of benzene rings is 1. The lowest BCUT2D eigenvalue weighted by atomic mass is 10.2. The van der Waals surface area contributed by atoms with Gasteiger partial charge in [-0.2, -0.15) is 0 Å². The largest absolute Gasteiger partial charge is 0.505 e. The number of carbonyl (C=O) groups is 1. The van der Waals surface area contributed by atoms with Crippen LogP contribution in [0.25, 0.3) is 0 Å². The average Bonchev–Trinajstić information content (AvgIpc) is 2.20. The Morgan fingerprint density at radius 3 is 2.67 bits per heavy atom. The molecule has 0 aliphatic rings. The Hall–Kier alpha value is -1.46. The number of carboxylic acids is 1. The molecule has 1 aromatic rings. The molecule has 0 aliphatic heterocycles. The van der Waals surface area contributed by atoms with Crippen molar-refractivity contribution in [3.63, 3.8) is 0 Å². The van der Waals surface area contributed by atoms with E-state index < -0.39 is 11.7 Å². The molecule has 0 fully saturated rings. The Morgan fingerprint density at radius 1 is 1.47 bits per heavy atom. The van der Waals surface area contributed by atoms with E-state index in [9.17, 15) is 9.90 Å². The second kappa shape index (κ2) is 4.86. The Kier molecular flexibility index (Phi) is 3.76. The van der Waals surface area contributed by atoms with Crippen molar-refractivity contribution in [2.75, 3.05) is 13.2 Å². The van der Waals surface area contributed by atoms with E-state index in [0.717, 1.165) is 0 Å².